The number of amides is 1. The Balaban J connectivity index is 2.79. The Bertz CT molecular complexity index is 432. The third kappa shape index (κ3) is 3.84. The fourth-order valence-electron chi connectivity index (χ4n) is 1.33. The minimum absolute atomic E-state index is 0.0373. The number of nitrogens with two attached hydrogens (primary N) is 1. The molecule has 0 saturated heterocycles. The topological polar surface area (TPSA) is 98.3 Å². The summed E-state index contributed by atoms with van der Waals surface area (Å²) in [6.45, 7) is 2.23. The largest absolute Gasteiger partial charge is 0.330 e. The van der Waals surface area contributed by atoms with Crippen LogP contribution in [0.4, 0.5) is 11.4 Å². The zero-order valence-electron chi connectivity index (χ0n) is 9.60. The molecule has 0 aliphatic rings. The maximum Gasteiger partial charge on any atom is 0.271 e. The third-order valence-corrected chi connectivity index (χ3v) is 2.31. The molecule has 1 aromatic rings. The molecule has 0 aliphatic carbocycles. The molecule has 0 spiro atoms. The first-order valence-electron chi connectivity index (χ1n) is 5.29. The van der Waals surface area contributed by atoms with E-state index in [4.69, 9.17) is 5.73 Å². The van der Waals surface area contributed by atoms with E-state index in [1.807, 2.05) is 0 Å². The van der Waals surface area contributed by atoms with Gasteiger partial charge in [-0.1, -0.05) is 6.07 Å². The average Bonchev–Trinajstić information content (AvgIpc) is 2.29. The summed E-state index contributed by atoms with van der Waals surface area (Å²) in [4.78, 5) is 21.6. The maximum atomic E-state index is 11.5. The third-order valence-electron chi connectivity index (χ3n) is 2.31. The molecule has 0 atom stereocenters. The zero-order chi connectivity index (χ0) is 12.8. The first-order valence-corrected chi connectivity index (χ1v) is 5.29. The fraction of sp³-hybridized carbons (Fsp3) is 0.364. The number of hydrogen-bond acceptors (Lipinski definition) is 4. The van der Waals surface area contributed by atoms with Crippen LogP contribution in [0.25, 0.3) is 0 Å². The summed E-state index contributed by atoms with van der Waals surface area (Å²) in [7, 11) is 0. The Morgan fingerprint density at radius 3 is 2.82 bits per heavy atom. The van der Waals surface area contributed by atoms with Crippen molar-refractivity contribution in [2.24, 2.45) is 5.73 Å². The maximum absolute atomic E-state index is 11.5. The lowest BCUT2D eigenvalue weighted by Crippen LogP contribution is -2.14. The van der Waals surface area contributed by atoms with Gasteiger partial charge < -0.3 is 11.1 Å². The Morgan fingerprint density at radius 2 is 2.24 bits per heavy atom. The first-order chi connectivity index (χ1) is 8.04. The molecule has 1 amide bonds. The predicted octanol–water partition coefficient (Wildman–Crippen LogP) is 1.58. The summed E-state index contributed by atoms with van der Waals surface area (Å²) >= 11 is 0. The highest BCUT2D eigenvalue weighted by atomic mass is 16.6. The standard InChI is InChI=1S/C11H15N3O3/c1-8-4-5-9(14(16)17)7-10(8)13-11(15)3-2-6-12/h4-5,7H,2-3,6,12H2,1H3,(H,13,15). The number of nitrogens with zero attached hydrogens (tertiary/aromatic N) is 1. The van der Waals surface area contributed by atoms with Crippen molar-refractivity contribution in [3.8, 4) is 0 Å². The molecular weight excluding hydrogens is 222 g/mol. The summed E-state index contributed by atoms with van der Waals surface area (Å²) in [5, 5.41) is 13.2. The van der Waals surface area contributed by atoms with E-state index in [1.54, 1.807) is 13.0 Å². The molecular formula is C11H15N3O3. The molecule has 92 valence electrons. The van der Waals surface area contributed by atoms with Crippen molar-refractivity contribution in [2.75, 3.05) is 11.9 Å². The lowest BCUT2D eigenvalue weighted by molar-refractivity contribution is -0.384. The lowest BCUT2D eigenvalue weighted by Gasteiger charge is -2.07. The van der Waals surface area contributed by atoms with Gasteiger partial charge in [-0.3, -0.25) is 14.9 Å². The Hall–Kier alpha value is -1.95. The highest BCUT2D eigenvalue weighted by molar-refractivity contribution is 5.91. The van der Waals surface area contributed by atoms with Gasteiger partial charge in [-0.15, -0.1) is 0 Å². The van der Waals surface area contributed by atoms with Crippen LogP contribution in [0.1, 0.15) is 18.4 Å². The number of nitro benzene ring substituents is 1. The first kappa shape index (κ1) is 13.1. The fourth-order valence-corrected chi connectivity index (χ4v) is 1.33. The second kappa shape index (κ2) is 5.95. The molecule has 0 heterocycles. The summed E-state index contributed by atoms with van der Waals surface area (Å²) in [6, 6.07) is 4.37. The normalized spacial score (nSPS) is 10.0. The summed E-state index contributed by atoms with van der Waals surface area (Å²) in [5.74, 6) is -0.181. The average molecular weight is 237 g/mol. The number of non-ortho nitro benzene ring substituents is 1. The number of carbonyl (C=O) groups is 1. The van der Waals surface area contributed by atoms with Crippen molar-refractivity contribution < 1.29 is 9.72 Å². The van der Waals surface area contributed by atoms with E-state index in [0.29, 0.717) is 25.1 Å². The van der Waals surface area contributed by atoms with Crippen LogP contribution in [0.5, 0.6) is 0 Å². The number of hydrogen-bond donors (Lipinski definition) is 2. The van der Waals surface area contributed by atoms with Gasteiger partial charge in [0.25, 0.3) is 5.69 Å². The van der Waals surface area contributed by atoms with Crippen molar-refractivity contribution in [3.63, 3.8) is 0 Å². The SMILES string of the molecule is Cc1ccc([N+](=O)[O-])cc1NC(=O)CCCN. The van der Waals surface area contributed by atoms with Crippen molar-refractivity contribution in [3.05, 3.63) is 33.9 Å². The number of rotatable bonds is 5. The predicted molar refractivity (Wildman–Crippen MR) is 64.8 cm³/mol. The van der Waals surface area contributed by atoms with Gasteiger partial charge in [0.05, 0.1) is 10.6 Å². The number of nitro groups is 1. The van der Waals surface area contributed by atoms with Crippen LogP contribution >= 0.6 is 0 Å². The molecule has 0 bridgehead atoms. The molecule has 0 radical (unpaired) electrons. The van der Waals surface area contributed by atoms with Crippen molar-refractivity contribution in [2.45, 2.75) is 19.8 Å². The van der Waals surface area contributed by atoms with E-state index >= 15 is 0 Å². The molecule has 0 unspecified atom stereocenters. The molecule has 6 nitrogen and oxygen atoms in total. The van der Waals surface area contributed by atoms with Gasteiger partial charge in [-0.2, -0.15) is 0 Å². The van der Waals surface area contributed by atoms with Gasteiger partial charge >= 0.3 is 0 Å². The van der Waals surface area contributed by atoms with Crippen LogP contribution in [0.15, 0.2) is 18.2 Å². The van der Waals surface area contributed by atoms with Gasteiger partial charge in [0.1, 0.15) is 0 Å². The lowest BCUT2D eigenvalue weighted by atomic mass is 10.1. The number of carbonyl (C=O) groups excluding carboxylic acids is 1. The zero-order valence-corrected chi connectivity index (χ0v) is 9.60. The molecule has 1 rings (SSSR count). The Kier molecular flexibility index (Phi) is 4.59. The summed E-state index contributed by atoms with van der Waals surface area (Å²) in [6.07, 6.45) is 0.915. The number of aryl methyl sites for hydroxylation is 1. The molecule has 1 aromatic carbocycles. The quantitative estimate of drug-likeness (QED) is 0.600. The van der Waals surface area contributed by atoms with Crippen molar-refractivity contribution in [1.82, 2.24) is 0 Å². The Labute approximate surface area is 99.0 Å². The van der Waals surface area contributed by atoms with Gasteiger partial charge in [-0.25, -0.2) is 0 Å². The summed E-state index contributed by atoms with van der Waals surface area (Å²) in [5.41, 5.74) is 6.52. The molecule has 0 saturated carbocycles. The molecule has 0 aromatic heterocycles. The van der Waals surface area contributed by atoms with Crippen molar-refractivity contribution in [1.29, 1.82) is 0 Å². The second-order valence-electron chi connectivity index (χ2n) is 3.70. The van der Waals surface area contributed by atoms with E-state index in [0.717, 1.165) is 5.56 Å². The smallest absolute Gasteiger partial charge is 0.271 e. The minimum Gasteiger partial charge on any atom is -0.330 e. The molecule has 17 heavy (non-hydrogen) atoms. The van der Waals surface area contributed by atoms with Crippen LogP contribution in [0.2, 0.25) is 0 Å². The molecule has 0 aliphatic heterocycles. The number of benzene rings is 1. The van der Waals surface area contributed by atoms with Gasteiger partial charge in [0.15, 0.2) is 0 Å². The van der Waals surface area contributed by atoms with E-state index in [9.17, 15) is 14.9 Å². The monoisotopic (exact) mass is 237 g/mol. The van der Waals surface area contributed by atoms with Gasteiger partial charge in [-0.05, 0) is 25.5 Å². The molecule has 3 N–H and O–H groups in total. The van der Waals surface area contributed by atoms with Crippen LogP contribution < -0.4 is 11.1 Å². The minimum atomic E-state index is -0.491. The summed E-state index contributed by atoms with van der Waals surface area (Å²) < 4.78 is 0. The Morgan fingerprint density at radius 1 is 1.53 bits per heavy atom. The van der Waals surface area contributed by atoms with Crippen LogP contribution in [0, 0.1) is 17.0 Å². The van der Waals surface area contributed by atoms with E-state index in [-0.39, 0.29) is 11.6 Å². The number of nitrogens with one attached hydrogen (secondary N) is 1. The van der Waals surface area contributed by atoms with E-state index < -0.39 is 4.92 Å². The van der Waals surface area contributed by atoms with E-state index in [2.05, 4.69) is 5.32 Å². The number of anilines is 1. The van der Waals surface area contributed by atoms with E-state index in [1.165, 1.54) is 12.1 Å². The van der Waals surface area contributed by atoms with Gasteiger partial charge in [0.2, 0.25) is 5.91 Å². The van der Waals surface area contributed by atoms with Gasteiger partial charge in [0, 0.05) is 18.6 Å². The molecule has 0 fully saturated rings. The molecule has 6 heteroatoms. The van der Waals surface area contributed by atoms with Crippen molar-refractivity contribution >= 4 is 17.3 Å². The van der Waals surface area contributed by atoms with Crippen LogP contribution in [-0.4, -0.2) is 17.4 Å². The van der Waals surface area contributed by atoms with Crippen LogP contribution in [0.3, 0.4) is 0 Å². The highest BCUT2D eigenvalue weighted by Crippen LogP contribution is 2.21. The second-order valence-corrected chi connectivity index (χ2v) is 3.70. The van der Waals surface area contributed by atoms with Crippen LogP contribution in [-0.2, 0) is 4.79 Å². The highest BCUT2D eigenvalue weighted by Gasteiger charge is 2.10.